The maximum Gasteiger partial charge on any atom is 0.119 e. The first-order valence-corrected chi connectivity index (χ1v) is 7.97. The Kier molecular flexibility index (Phi) is 6.41. The van der Waals surface area contributed by atoms with Crippen molar-refractivity contribution in [1.29, 1.82) is 0 Å². The highest BCUT2D eigenvalue weighted by molar-refractivity contribution is 6.30. The molecule has 0 amide bonds. The predicted octanol–water partition coefficient (Wildman–Crippen LogP) is 4.90. The number of ether oxygens (including phenoxy) is 1. The SMILES string of the molecule is CC(C)COc1ccc(NCCNc2ccc(Cl)cc2)cc1. The average molecular weight is 319 g/mol. The van der Waals surface area contributed by atoms with E-state index in [0.717, 1.165) is 41.8 Å². The molecule has 118 valence electrons. The molecule has 0 fully saturated rings. The number of rotatable bonds is 8. The Morgan fingerprint density at radius 3 is 1.86 bits per heavy atom. The van der Waals surface area contributed by atoms with Crippen LogP contribution in [0, 0.1) is 5.92 Å². The van der Waals surface area contributed by atoms with Crippen LogP contribution in [0.4, 0.5) is 11.4 Å². The molecule has 0 radical (unpaired) electrons. The van der Waals surface area contributed by atoms with Crippen molar-refractivity contribution in [3.63, 3.8) is 0 Å². The summed E-state index contributed by atoms with van der Waals surface area (Å²) in [5.41, 5.74) is 2.17. The van der Waals surface area contributed by atoms with Gasteiger partial charge in [-0.05, 0) is 54.4 Å². The first kappa shape index (κ1) is 16.5. The zero-order chi connectivity index (χ0) is 15.8. The molecule has 2 N–H and O–H groups in total. The van der Waals surface area contributed by atoms with Crippen molar-refractivity contribution in [2.45, 2.75) is 13.8 Å². The summed E-state index contributed by atoms with van der Waals surface area (Å²) >= 11 is 5.86. The fraction of sp³-hybridized carbons (Fsp3) is 0.333. The topological polar surface area (TPSA) is 33.3 Å². The Labute approximate surface area is 137 Å². The van der Waals surface area contributed by atoms with Gasteiger partial charge in [-0.3, -0.25) is 0 Å². The Bertz CT molecular complexity index is 552. The van der Waals surface area contributed by atoms with Gasteiger partial charge in [-0.25, -0.2) is 0 Å². The second kappa shape index (κ2) is 8.54. The number of nitrogens with one attached hydrogen (secondary N) is 2. The van der Waals surface area contributed by atoms with Crippen molar-refractivity contribution in [2.75, 3.05) is 30.3 Å². The third kappa shape index (κ3) is 5.86. The summed E-state index contributed by atoms with van der Waals surface area (Å²) < 4.78 is 5.66. The summed E-state index contributed by atoms with van der Waals surface area (Å²) in [5.74, 6) is 1.45. The molecular weight excluding hydrogens is 296 g/mol. The van der Waals surface area contributed by atoms with Crippen LogP contribution in [-0.2, 0) is 0 Å². The third-order valence-corrected chi connectivity index (χ3v) is 3.32. The Morgan fingerprint density at radius 1 is 0.864 bits per heavy atom. The van der Waals surface area contributed by atoms with Crippen molar-refractivity contribution in [1.82, 2.24) is 0 Å². The summed E-state index contributed by atoms with van der Waals surface area (Å²) in [6, 6.07) is 15.8. The van der Waals surface area contributed by atoms with Gasteiger partial charge in [-0.15, -0.1) is 0 Å². The van der Waals surface area contributed by atoms with E-state index < -0.39 is 0 Å². The standard InChI is InChI=1S/C18H23ClN2O/c1-14(2)13-22-18-9-7-17(8-10-18)21-12-11-20-16-5-3-15(19)4-6-16/h3-10,14,20-21H,11-13H2,1-2H3. The predicted molar refractivity (Wildman–Crippen MR) is 95.2 cm³/mol. The lowest BCUT2D eigenvalue weighted by molar-refractivity contribution is 0.271. The first-order valence-electron chi connectivity index (χ1n) is 7.59. The first-order chi connectivity index (χ1) is 10.6. The molecule has 0 heterocycles. The molecule has 0 bridgehead atoms. The molecule has 0 atom stereocenters. The van der Waals surface area contributed by atoms with E-state index in [2.05, 4.69) is 24.5 Å². The summed E-state index contributed by atoms with van der Waals surface area (Å²) in [5, 5.41) is 7.47. The molecule has 2 rings (SSSR count). The van der Waals surface area contributed by atoms with Crippen LogP contribution < -0.4 is 15.4 Å². The molecule has 0 saturated heterocycles. The van der Waals surface area contributed by atoms with Crippen LogP contribution in [0.25, 0.3) is 0 Å². The molecule has 0 unspecified atom stereocenters. The molecular formula is C18H23ClN2O. The Morgan fingerprint density at radius 2 is 1.36 bits per heavy atom. The van der Waals surface area contributed by atoms with Gasteiger partial charge in [-0.2, -0.15) is 0 Å². The van der Waals surface area contributed by atoms with E-state index in [0.29, 0.717) is 5.92 Å². The van der Waals surface area contributed by atoms with Crippen LogP contribution >= 0.6 is 11.6 Å². The van der Waals surface area contributed by atoms with Crippen molar-refractivity contribution >= 4 is 23.0 Å². The number of hydrogen-bond acceptors (Lipinski definition) is 3. The van der Waals surface area contributed by atoms with Gasteiger partial charge in [0.2, 0.25) is 0 Å². The zero-order valence-corrected chi connectivity index (χ0v) is 13.9. The van der Waals surface area contributed by atoms with Crippen LogP contribution in [-0.4, -0.2) is 19.7 Å². The minimum atomic E-state index is 0.539. The van der Waals surface area contributed by atoms with Gasteiger partial charge in [-0.1, -0.05) is 25.4 Å². The quantitative estimate of drug-likeness (QED) is 0.679. The Hall–Kier alpha value is -1.87. The van der Waals surface area contributed by atoms with Gasteiger partial charge in [0.15, 0.2) is 0 Å². The van der Waals surface area contributed by atoms with E-state index in [1.807, 2.05) is 48.5 Å². The monoisotopic (exact) mass is 318 g/mol. The van der Waals surface area contributed by atoms with Gasteiger partial charge in [0.05, 0.1) is 6.61 Å². The molecule has 4 heteroatoms. The van der Waals surface area contributed by atoms with Gasteiger partial charge in [0.25, 0.3) is 0 Å². The average Bonchev–Trinajstić information content (AvgIpc) is 2.52. The molecule has 0 aliphatic carbocycles. The highest BCUT2D eigenvalue weighted by Crippen LogP contribution is 2.16. The summed E-state index contributed by atoms with van der Waals surface area (Å²) in [6.45, 7) is 6.72. The van der Waals surface area contributed by atoms with E-state index in [-0.39, 0.29) is 0 Å². The van der Waals surface area contributed by atoms with Crippen LogP contribution in [0.15, 0.2) is 48.5 Å². The molecule has 0 aliphatic rings. The second-order valence-electron chi connectivity index (χ2n) is 5.59. The fourth-order valence-corrected chi connectivity index (χ4v) is 2.04. The van der Waals surface area contributed by atoms with E-state index in [4.69, 9.17) is 16.3 Å². The van der Waals surface area contributed by atoms with Crippen molar-refractivity contribution in [3.8, 4) is 5.75 Å². The number of hydrogen-bond donors (Lipinski definition) is 2. The maximum atomic E-state index is 5.86. The van der Waals surface area contributed by atoms with E-state index >= 15 is 0 Å². The highest BCUT2D eigenvalue weighted by atomic mass is 35.5. The number of benzene rings is 2. The number of anilines is 2. The maximum absolute atomic E-state index is 5.86. The van der Waals surface area contributed by atoms with Crippen molar-refractivity contribution in [2.24, 2.45) is 5.92 Å². The van der Waals surface area contributed by atoms with Gasteiger partial charge < -0.3 is 15.4 Å². The van der Waals surface area contributed by atoms with Crippen molar-refractivity contribution < 1.29 is 4.74 Å². The largest absolute Gasteiger partial charge is 0.493 e. The summed E-state index contributed by atoms with van der Waals surface area (Å²) in [6.07, 6.45) is 0. The third-order valence-electron chi connectivity index (χ3n) is 3.07. The molecule has 0 saturated carbocycles. The van der Waals surface area contributed by atoms with Gasteiger partial charge >= 0.3 is 0 Å². The summed E-state index contributed by atoms with van der Waals surface area (Å²) in [4.78, 5) is 0. The van der Waals surface area contributed by atoms with Gasteiger partial charge in [0, 0.05) is 29.5 Å². The molecule has 2 aromatic carbocycles. The highest BCUT2D eigenvalue weighted by Gasteiger charge is 1.98. The molecule has 2 aromatic rings. The van der Waals surface area contributed by atoms with Crippen LogP contribution in [0.1, 0.15) is 13.8 Å². The zero-order valence-electron chi connectivity index (χ0n) is 13.1. The normalized spacial score (nSPS) is 10.5. The van der Waals surface area contributed by atoms with Gasteiger partial charge in [0.1, 0.15) is 5.75 Å². The second-order valence-corrected chi connectivity index (χ2v) is 6.03. The van der Waals surface area contributed by atoms with E-state index in [1.165, 1.54) is 0 Å². The van der Waals surface area contributed by atoms with Crippen LogP contribution in [0.5, 0.6) is 5.75 Å². The molecule has 22 heavy (non-hydrogen) atoms. The van der Waals surface area contributed by atoms with E-state index in [1.54, 1.807) is 0 Å². The molecule has 3 nitrogen and oxygen atoms in total. The lowest BCUT2D eigenvalue weighted by atomic mass is 10.2. The fourth-order valence-electron chi connectivity index (χ4n) is 1.91. The molecule has 0 aromatic heterocycles. The van der Waals surface area contributed by atoms with E-state index in [9.17, 15) is 0 Å². The minimum absolute atomic E-state index is 0.539. The minimum Gasteiger partial charge on any atom is -0.493 e. The van der Waals surface area contributed by atoms with Crippen LogP contribution in [0.3, 0.4) is 0 Å². The Balaban J connectivity index is 1.69. The molecule has 0 spiro atoms. The van der Waals surface area contributed by atoms with Crippen LogP contribution in [0.2, 0.25) is 5.02 Å². The smallest absolute Gasteiger partial charge is 0.119 e. The summed E-state index contributed by atoms with van der Waals surface area (Å²) in [7, 11) is 0. The van der Waals surface area contributed by atoms with Crippen molar-refractivity contribution in [3.05, 3.63) is 53.6 Å². The lowest BCUT2D eigenvalue weighted by Gasteiger charge is -2.11. The lowest BCUT2D eigenvalue weighted by Crippen LogP contribution is -2.13. The number of halogens is 1. The molecule has 0 aliphatic heterocycles.